The lowest BCUT2D eigenvalue weighted by Crippen LogP contribution is -2.40. The number of amides is 1. The molecule has 22 heavy (non-hydrogen) atoms. The molecular formula is C16H13Cl2NO3. The first-order chi connectivity index (χ1) is 10.6. The Kier molecular flexibility index (Phi) is 4.41. The van der Waals surface area contributed by atoms with E-state index < -0.39 is 0 Å². The number of hydrogen-bond donors (Lipinski definition) is 1. The quantitative estimate of drug-likeness (QED) is 0.931. The minimum Gasteiger partial charge on any atom is -0.486 e. The molecular weight excluding hydrogens is 325 g/mol. The fourth-order valence-electron chi connectivity index (χ4n) is 2.16. The van der Waals surface area contributed by atoms with Gasteiger partial charge in [-0.3, -0.25) is 4.79 Å². The van der Waals surface area contributed by atoms with Crippen LogP contribution in [0.2, 0.25) is 10.0 Å². The summed E-state index contributed by atoms with van der Waals surface area (Å²) in [6, 6.07) is 12.1. The van der Waals surface area contributed by atoms with E-state index in [1.807, 2.05) is 24.3 Å². The first kappa shape index (κ1) is 15.0. The molecule has 3 rings (SSSR count). The number of fused-ring (bicyclic) bond motifs is 1. The highest BCUT2D eigenvalue weighted by Crippen LogP contribution is 2.30. The van der Waals surface area contributed by atoms with Crippen LogP contribution in [0.1, 0.15) is 10.4 Å². The van der Waals surface area contributed by atoms with E-state index in [1.165, 1.54) is 0 Å². The molecule has 0 aliphatic carbocycles. The third-order valence-corrected chi connectivity index (χ3v) is 3.62. The lowest BCUT2D eigenvalue weighted by atomic mass is 10.2. The van der Waals surface area contributed by atoms with Crippen molar-refractivity contribution in [1.29, 1.82) is 0 Å². The van der Waals surface area contributed by atoms with E-state index in [1.54, 1.807) is 18.2 Å². The Morgan fingerprint density at radius 3 is 2.55 bits per heavy atom. The van der Waals surface area contributed by atoms with Crippen molar-refractivity contribution in [3.05, 3.63) is 58.1 Å². The largest absolute Gasteiger partial charge is 0.486 e. The fourth-order valence-corrected chi connectivity index (χ4v) is 2.68. The van der Waals surface area contributed by atoms with E-state index in [2.05, 4.69) is 5.32 Å². The van der Waals surface area contributed by atoms with Crippen molar-refractivity contribution in [2.24, 2.45) is 0 Å². The molecule has 114 valence electrons. The Labute approximate surface area is 137 Å². The topological polar surface area (TPSA) is 47.6 Å². The zero-order valence-corrected chi connectivity index (χ0v) is 13.0. The number of para-hydroxylation sites is 2. The molecule has 4 nitrogen and oxygen atoms in total. The van der Waals surface area contributed by atoms with Crippen molar-refractivity contribution in [1.82, 2.24) is 5.32 Å². The summed E-state index contributed by atoms with van der Waals surface area (Å²) in [7, 11) is 0. The van der Waals surface area contributed by atoms with Gasteiger partial charge in [0.15, 0.2) is 11.5 Å². The molecule has 1 aliphatic heterocycles. The summed E-state index contributed by atoms with van der Waals surface area (Å²) in [6.45, 7) is 0.713. The second-order valence-corrected chi connectivity index (χ2v) is 5.74. The standard InChI is InChI=1S/C16H13Cl2NO3/c17-11-5-10(6-12(18)7-11)16(20)19-8-13-9-21-14-3-1-2-4-15(14)22-13/h1-7,13H,8-9H2,(H,19,20)/t13-/m1/s1. The molecule has 1 aliphatic rings. The van der Waals surface area contributed by atoms with Crippen LogP contribution in [0.15, 0.2) is 42.5 Å². The molecule has 0 radical (unpaired) electrons. The number of hydrogen-bond acceptors (Lipinski definition) is 3. The maximum Gasteiger partial charge on any atom is 0.251 e. The summed E-state index contributed by atoms with van der Waals surface area (Å²) in [5, 5.41) is 3.63. The zero-order chi connectivity index (χ0) is 15.5. The minimum absolute atomic E-state index is 0.242. The molecule has 2 aromatic rings. The summed E-state index contributed by atoms with van der Waals surface area (Å²) < 4.78 is 11.4. The molecule has 0 fully saturated rings. The van der Waals surface area contributed by atoms with E-state index in [-0.39, 0.29) is 12.0 Å². The average Bonchev–Trinajstić information content (AvgIpc) is 2.51. The van der Waals surface area contributed by atoms with Crippen LogP contribution in [0.3, 0.4) is 0 Å². The molecule has 0 aromatic heterocycles. The number of carbonyl (C=O) groups is 1. The van der Waals surface area contributed by atoms with Crippen molar-refractivity contribution < 1.29 is 14.3 Å². The van der Waals surface area contributed by atoms with E-state index in [0.717, 1.165) is 0 Å². The summed E-state index contributed by atoms with van der Waals surface area (Å²) in [6.07, 6.45) is -0.242. The summed E-state index contributed by atoms with van der Waals surface area (Å²) in [5.74, 6) is 1.14. The third kappa shape index (κ3) is 3.46. The Balaban J connectivity index is 1.60. The molecule has 0 unspecified atom stereocenters. The van der Waals surface area contributed by atoms with Crippen molar-refractivity contribution >= 4 is 29.1 Å². The van der Waals surface area contributed by atoms with Crippen molar-refractivity contribution in [3.8, 4) is 11.5 Å². The van der Waals surface area contributed by atoms with Crippen molar-refractivity contribution in [2.45, 2.75) is 6.10 Å². The molecule has 6 heteroatoms. The monoisotopic (exact) mass is 337 g/mol. The van der Waals surface area contributed by atoms with Gasteiger partial charge in [0.25, 0.3) is 5.91 Å². The fraction of sp³-hybridized carbons (Fsp3) is 0.188. The highest BCUT2D eigenvalue weighted by Gasteiger charge is 2.21. The lowest BCUT2D eigenvalue weighted by Gasteiger charge is -2.26. The summed E-state index contributed by atoms with van der Waals surface area (Å²) in [5.41, 5.74) is 0.412. The highest BCUT2D eigenvalue weighted by molar-refractivity contribution is 6.35. The van der Waals surface area contributed by atoms with Crippen LogP contribution in [0.4, 0.5) is 0 Å². The van der Waals surface area contributed by atoms with E-state index in [0.29, 0.717) is 40.3 Å². The summed E-state index contributed by atoms with van der Waals surface area (Å²) >= 11 is 11.8. The van der Waals surface area contributed by atoms with Gasteiger partial charge in [0.1, 0.15) is 12.7 Å². The lowest BCUT2D eigenvalue weighted by molar-refractivity contribution is 0.0789. The number of rotatable bonds is 3. The Morgan fingerprint density at radius 2 is 1.82 bits per heavy atom. The Bertz CT molecular complexity index is 685. The predicted octanol–water partition coefficient (Wildman–Crippen LogP) is 3.56. The van der Waals surface area contributed by atoms with E-state index >= 15 is 0 Å². The van der Waals surface area contributed by atoms with Gasteiger partial charge in [0.2, 0.25) is 0 Å². The predicted molar refractivity (Wildman–Crippen MR) is 85.1 cm³/mol. The second-order valence-electron chi connectivity index (χ2n) is 4.87. The van der Waals surface area contributed by atoms with Gasteiger partial charge in [-0.05, 0) is 30.3 Å². The SMILES string of the molecule is O=C(NC[C@@H]1COc2ccccc2O1)c1cc(Cl)cc(Cl)c1. The maximum atomic E-state index is 12.1. The van der Waals surface area contributed by atoms with Crippen LogP contribution in [-0.2, 0) is 0 Å². The molecule has 0 saturated carbocycles. The van der Waals surface area contributed by atoms with Gasteiger partial charge >= 0.3 is 0 Å². The van der Waals surface area contributed by atoms with Crippen molar-refractivity contribution in [2.75, 3.05) is 13.2 Å². The smallest absolute Gasteiger partial charge is 0.251 e. The zero-order valence-electron chi connectivity index (χ0n) is 11.5. The van der Waals surface area contributed by atoms with Gasteiger partial charge in [-0.1, -0.05) is 35.3 Å². The first-order valence-electron chi connectivity index (χ1n) is 6.74. The van der Waals surface area contributed by atoms with Gasteiger partial charge < -0.3 is 14.8 Å². The molecule has 0 spiro atoms. The van der Waals surface area contributed by atoms with Crippen LogP contribution < -0.4 is 14.8 Å². The van der Waals surface area contributed by atoms with Crippen LogP contribution in [-0.4, -0.2) is 25.2 Å². The van der Waals surface area contributed by atoms with E-state index in [9.17, 15) is 4.79 Å². The minimum atomic E-state index is -0.258. The Hall–Kier alpha value is -1.91. The molecule has 1 heterocycles. The second kappa shape index (κ2) is 6.46. The number of nitrogens with one attached hydrogen (secondary N) is 1. The van der Waals surface area contributed by atoms with E-state index in [4.69, 9.17) is 32.7 Å². The van der Waals surface area contributed by atoms with Gasteiger partial charge in [-0.25, -0.2) is 0 Å². The molecule has 0 saturated heterocycles. The number of carbonyl (C=O) groups excluding carboxylic acids is 1. The maximum absolute atomic E-state index is 12.1. The first-order valence-corrected chi connectivity index (χ1v) is 7.50. The van der Waals surface area contributed by atoms with Crippen LogP contribution >= 0.6 is 23.2 Å². The van der Waals surface area contributed by atoms with Crippen LogP contribution in [0.5, 0.6) is 11.5 Å². The van der Waals surface area contributed by atoms with Gasteiger partial charge in [-0.15, -0.1) is 0 Å². The van der Waals surface area contributed by atoms with Crippen LogP contribution in [0.25, 0.3) is 0 Å². The van der Waals surface area contributed by atoms with Gasteiger partial charge in [-0.2, -0.15) is 0 Å². The molecule has 1 N–H and O–H groups in total. The third-order valence-electron chi connectivity index (χ3n) is 3.18. The van der Waals surface area contributed by atoms with Gasteiger partial charge in [0, 0.05) is 15.6 Å². The molecule has 0 bridgehead atoms. The number of halogens is 2. The normalized spacial score (nSPS) is 16.2. The highest BCUT2D eigenvalue weighted by atomic mass is 35.5. The van der Waals surface area contributed by atoms with Crippen LogP contribution in [0, 0.1) is 0 Å². The molecule has 1 amide bonds. The van der Waals surface area contributed by atoms with Gasteiger partial charge in [0.05, 0.1) is 6.54 Å². The number of benzene rings is 2. The number of ether oxygens (including phenoxy) is 2. The Morgan fingerprint density at radius 1 is 1.14 bits per heavy atom. The molecule has 2 aromatic carbocycles. The molecule has 1 atom stereocenters. The summed E-state index contributed by atoms with van der Waals surface area (Å²) in [4.78, 5) is 12.1. The average molecular weight is 338 g/mol. The van der Waals surface area contributed by atoms with Crippen molar-refractivity contribution in [3.63, 3.8) is 0 Å².